The highest BCUT2D eigenvalue weighted by Gasteiger charge is 2.33. The highest BCUT2D eigenvalue weighted by Crippen LogP contribution is 2.26. The molecule has 4 nitrogen and oxygen atoms in total. The van der Waals surface area contributed by atoms with Gasteiger partial charge >= 0.3 is 0 Å². The Hall–Kier alpha value is -0.810. The summed E-state index contributed by atoms with van der Waals surface area (Å²) in [5.74, 6) is -0.160. The largest absolute Gasteiger partial charge is 0.379 e. The van der Waals surface area contributed by atoms with Crippen LogP contribution in [0.25, 0.3) is 0 Å². The third kappa shape index (κ3) is 4.10. The topological polar surface area (TPSA) is 50.4 Å². The van der Waals surface area contributed by atoms with Crippen molar-refractivity contribution in [2.45, 2.75) is 25.9 Å². The van der Waals surface area contributed by atoms with Crippen molar-refractivity contribution in [3.63, 3.8) is 0 Å². The molecule has 6 heteroatoms. The normalized spacial score (nSPS) is 23.0. The maximum Gasteiger partial charge on any atom is 0.227 e. The monoisotopic (exact) mass is 330 g/mol. The molecule has 0 radical (unpaired) electrons. The molecule has 2 rings (SSSR count). The third-order valence-corrected chi connectivity index (χ3v) is 4.43. The zero-order valence-electron chi connectivity index (χ0n) is 12.2. The van der Waals surface area contributed by atoms with E-state index in [9.17, 15) is 4.79 Å². The lowest BCUT2D eigenvalue weighted by Crippen LogP contribution is -2.44. The number of ether oxygens (including phenoxy) is 1. The molecule has 2 N–H and O–H groups in total. The fourth-order valence-electron chi connectivity index (χ4n) is 2.46. The van der Waals surface area contributed by atoms with Crippen molar-refractivity contribution in [2.75, 3.05) is 19.8 Å². The lowest BCUT2D eigenvalue weighted by atomic mass is 10.0. The molecule has 21 heavy (non-hydrogen) atoms. The van der Waals surface area contributed by atoms with Crippen molar-refractivity contribution in [1.82, 2.24) is 10.6 Å². The SMILES string of the molecule is CCNC1COCC1C(=O)NC(C)c1ccc(Cl)c(Cl)c1. The van der Waals surface area contributed by atoms with Gasteiger partial charge in [-0.2, -0.15) is 0 Å². The first-order chi connectivity index (χ1) is 10.0. The predicted octanol–water partition coefficient (Wildman–Crippen LogP) is 2.80. The second-order valence-electron chi connectivity index (χ2n) is 5.21. The van der Waals surface area contributed by atoms with Gasteiger partial charge in [0.25, 0.3) is 0 Å². The predicted molar refractivity (Wildman–Crippen MR) is 84.8 cm³/mol. The zero-order chi connectivity index (χ0) is 15.4. The van der Waals surface area contributed by atoms with E-state index in [4.69, 9.17) is 27.9 Å². The first-order valence-corrected chi connectivity index (χ1v) is 7.85. The molecular weight excluding hydrogens is 311 g/mol. The molecule has 3 unspecified atom stereocenters. The summed E-state index contributed by atoms with van der Waals surface area (Å²) >= 11 is 11.9. The second kappa shape index (κ2) is 7.45. The highest BCUT2D eigenvalue weighted by molar-refractivity contribution is 6.42. The van der Waals surface area contributed by atoms with Crippen molar-refractivity contribution in [3.8, 4) is 0 Å². The maximum atomic E-state index is 12.4. The Labute approximate surface area is 135 Å². The summed E-state index contributed by atoms with van der Waals surface area (Å²) in [6, 6.07) is 5.33. The molecule has 1 heterocycles. The van der Waals surface area contributed by atoms with Crippen LogP contribution in [0.15, 0.2) is 18.2 Å². The van der Waals surface area contributed by atoms with E-state index in [2.05, 4.69) is 10.6 Å². The first kappa shape index (κ1) is 16.6. The van der Waals surface area contributed by atoms with Gasteiger partial charge in [-0.3, -0.25) is 4.79 Å². The van der Waals surface area contributed by atoms with Crippen LogP contribution < -0.4 is 10.6 Å². The van der Waals surface area contributed by atoms with Crippen LogP contribution in [0.4, 0.5) is 0 Å². The van der Waals surface area contributed by atoms with Crippen LogP contribution in [0, 0.1) is 5.92 Å². The zero-order valence-corrected chi connectivity index (χ0v) is 13.7. The smallest absolute Gasteiger partial charge is 0.227 e. The number of nitrogens with one attached hydrogen (secondary N) is 2. The Bertz CT molecular complexity index is 510. The number of carbonyl (C=O) groups excluding carboxylic acids is 1. The van der Waals surface area contributed by atoms with Gasteiger partial charge in [0.1, 0.15) is 0 Å². The Kier molecular flexibility index (Phi) is 5.88. The molecule has 1 aromatic carbocycles. The number of amides is 1. The molecule has 1 fully saturated rings. The Morgan fingerprint density at radius 2 is 2.14 bits per heavy atom. The number of hydrogen-bond acceptors (Lipinski definition) is 3. The summed E-state index contributed by atoms with van der Waals surface area (Å²) < 4.78 is 5.40. The lowest BCUT2D eigenvalue weighted by molar-refractivity contribution is -0.126. The van der Waals surface area contributed by atoms with E-state index < -0.39 is 0 Å². The van der Waals surface area contributed by atoms with E-state index in [1.165, 1.54) is 0 Å². The van der Waals surface area contributed by atoms with Crippen LogP contribution in [-0.4, -0.2) is 31.7 Å². The van der Waals surface area contributed by atoms with Gasteiger partial charge in [-0.1, -0.05) is 36.2 Å². The average molecular weight is 331 g/mol. The third-order valence-electron chi connectivity index (χ3n) is 3.69. The van der Waals surface area contributed by atoms with Crippen LogP contribution >= 0.6 is 23.2 Å². The van der Waals surface area contributed by atoms with E-state index in [1.54, 1.807) is 12.1 Å². The minimum atomic E-state index is -0.157. The number of rotatable bonds is 5. The Balaban J connectivity index is 1.99. The minimum Gasteiger partial charge on any atom is -0.379 e. The number of carbonyl (C=O) groups is 1. The highest BCUT2D eigenvalue weighted by atomic mass is 35.5. The van der Waals surface area contributed by atoms with Gasteiger partial charge in [0, 0.05) is 6.04 Å². The van der Waals surface area contributed by atoms with E-state index in [-0.39, 0.29) is 23.9 Å². The van der Waals surface area contributed by atoms with Gasteiger partial charge in [-0.25, -0.2) is 0 Å². The van der Waals surface area contributed by atoms with E-state index >= 15 is 0 Å². The van der Waals surface area contributed by atoms with Gasteiger partial charge < -0.3 is 15.4 Å². The number of hydrogen-bond donors (Lipinski definition) is 2. The van der Waals surface area contributed by atoms with Crippen LogP contribution in [0.5, 0.6) is 0 Å². The molecule has 1 aliphatic heterocycles. The first-order valence-electron chi connectivity index (χ1n) is 7.09. The van der Waals surface area contributed by atoms with Gasteiger partial charge in [-0.15, -0.1) is 0 Å². The van der Waals surface area contributed by atoms with E-state index in [0.717, 1.165) is 12.1 Å². The van der Waals surface area contributed by atoms with Crippen molar-refractivity contribution in [3.05, 3.63) is 33.8 Å². The molecule has 0 aliphatic carbocycles. The Morgan fingerprint density at radius 3 is 2.81 bits per heavy atom. The van der Waals surface area contributed by atoms with Gasteiger partial charge in [0.15, 0.2) is 0 Å². The quantitative estimate of drug-likeness (QED) is 0.872. The molecule has 1 aromatic rings. The molecule has 1 amide bonds. The molecule has 1 saturated heterocycles. The molecular formula is C15H20Cl2N2O2. The fourth-order valence-corrected chi connectivity index (χ4v) is 2.77. The van der Waals surface area contributed by atoms with Gasteiger partial charge in [0.05, 0.1) is 35.2 Å². The van der Waals surface area contributed by atoms with Crippen LogP contribution in [0.1, 0.15) is 25.5 Å². The van der Waals surface area contributed by atoms with Gasteiger partial charge in [-0.05, 0) is 31.2 Å². The van der Waals surface area contributed by atoms with Crippen LogP contribution in [0.2, 0.25) is 10.0 Å². The number of benzene rings is 1. The van der Waals surface area contributed by atoms with E-state index in [0.29, 0.717) is 23.3 Å². The summed E-state index contributed by atoms with van der Waals surface area (Å²) in [6.07, 6.45) is 0. The molecule has 0 spiro atoms. The summed E-state index contributed by atoms with van der Waals surface area (Å²) in [7, 11) is 0. The average Bonchev–Trinajstić information content (AvgIpc) is 2.90. The summed E-state index contributed by atoms with van der Waals surface area (Å²) in [6.45, 7) is 5.80. The number of halogens is 2. The van der Waals surface area contributed by atoms with Crippen molar-refractivity contribution in [2.24, 2.45) is 5.92 Å². The molecule has 0 bridgehead atoms. The lowest BCUT2D eigenvalue weighted by Gasteiger charge is -2.21. The fraction of sp³-hybridized carbons (Fsp3) is 0.533. The summed E-state index contributed by atoms with van der Waals surface area (Å²) in [4.78, 5) is 12.4. The Morgan fingerprint density at radius 1 is 1.38 bits per heavy atom. The molecule has 1 aliphatic rings. The molecule has 0 aromatic heterocycles. The maximum absolute atomic E-state index is 12.4. The molecule has 3 atom stereocenters. The molecule has 0 saturated carbocycles. The van der Waals surface area contributed by atoms with Crippen molar-refractivity contribution >= 4 is 29.1 Å². The van der Waals surface area contributed by atoms with Crippen LogP contribution in [0.3, 0.4) is 0 Å². The standard InChI is InChI=1S/C15H20Cl2N2O2/c1-3-18-14-8-21-7-11(14)15(20)19-9(2)10-4-5-12(16)13(17)6-10/h4-6,9,11,14,18H,3,7-8H2,1-2H3,(H,19,20). The van der Waals surface area contributed by atoms with Crippen LogP contribution in [-0.2, 0) is 9.53 Å². The van der Waals surface area contributed by atoms with Crippen molar-refractivity contribution in [1.29, 1.82) is 0 Å². The molecule has 116 valence electrons. The van der Waals surface area contributed by atoms with E-state index in [1.807, 2.05) is 19.9 Å². The summed E-state index contributed by atoms with van der Waals surface area (Å²) in [5.41, 5.74) is 0.927. The van der Waals surface area contributed by atoms with Gasteiger partial charge in [0.2, 0.25) is 5.91 Å². The number of likely N-dealkylation sites (N-methyl/N-ethyl adjacent to an activating group) is 1. The summed E-state index contributed by atoms with van der Waals surface area (Å²) in [5, 5.41) is 7.29. The minimum absolute atomic E-state index is 0.00276. The van der Waals surface area contributed by atoms with Crippen molar-refractivity contribution < 1.29 is 9.53 Å². The second-order valence-corrected chi connectivity index (χ2v) is 6.03.